The Bertz CT molecular complexity index is 761. The van der Waals surface area contributed by atoms with Gasteiger partial charge in [0.05, 0.1) is 12.2 Å². The zero-order valence-corrected chi connectivity index (χ0v) is 16.0. The molecule has 0 aliphatic carbocycles. The van der Waals surface area contributed by atoms with Crippen molar-refractivity contribution in [3.05, 3.63) is 41.8 Å². The monoisotopic (exact) mass is 386 g/mol. The predicted octanol–water partition coefficient (Wildman–Crippen LogP) is 2.43. The summed E-state index contributed by atoms with van der Waals surface area (Å²) >= 11 is 0. The first-order chi connectivity index (χ1) is 13.8. The van der Waals surface area contributed by atoms with Gasteiger partial charge in [-0.25, -0.2) is 0 Å². The van der Waals surface area contributed by atoms with Crippen LogP contribution < -0.4 is 0 Å². The van der Waals surface area contributed by atoms with E-state index < -0.39 is 0 Å². The second-order valence-electron chi connectivity index (χ2n) is 7.33. The van der Waals surface area contributed by atoms with Gasteiger partial charge in [0.2, 0.25) is 5.89 Å². The number of nitrogens with zero attached hydrogens (tertiary/aromatic N) is 4. The topological polar surface area (TPSA) is 90.6 Å². The van der Waals surface area contributed by atoms with E-state index in [2.05, 4.69) is 15.1 Å². The highest BCUT2D eigenvalue weighted by Crippen LogP contribution is 2.32. The summed E-state index contributed by atoms with van der Waals surface area (Å²) in [5.41, 5.74) is 0.579. The molecule has 1 unspecified atom stereocenters. The van der Waals surface area contributed by atoms with E-state index in [-0.39, 0.29) is 11.9 Å². The molecule has 0 bridgehead atoms. The number of amides is 1. The van der Waals surface area contributed by atoms with E-state index in [1.807, 2.05) is 0 Å². The number of hydrogen-bond acceptors (Lipinski definition) is 7. The lowest BCUT2D eigenvalue weighted by Gasteiger charge is -2.21. The van der Waals surface area contributed by atoms with Crippen molar-refractivity contribution < 1.29 is 18.8 Å². The Labute approximate surface area is 164 Å². The third kappa shape index (κ3) is 4.56. The summed E-state index contributed by atoms with van der Waals surface area (Å²) in [6.45, 7) is 3.67. The first-order valence-electron chi connectivity index (χ1n) is 10.0. The van der Waals surface area contributed by atoms with Gasteiger partial charge in [-0.05, 0) is 43.7 Å². The Morgan fingerprint density at radius 3 is 3.00 bits per heavy atom. The van der Waals surface area contributed by atoms with Crippen LogP contribution in [-0.4, -0.2) is 58.9 Å². The van der Waals surface area contributed by atoms with Crippen LogP contribution in [0.5, 0.6) is 0 Å². The molecule has 0 N–H and O–H groups in total. The van der Waals surface area contributed by atoms with Gasteiger partial charge in [-0.15, -0.1) is 0 Å². The molecule has 2 fully saturated rings. The average molecular weight is 386 g/mol. The van der Waals surface area contributed by atoms with Crippen LogP contribution in [0.25, 0.3) is 0 Å². The molecule has 4 heterocycles. The number of carbonyl (C=O) groups is 1. The van der Waals surface area contributed by atoms with Gasteiger partial charge in [-0.2, -0.15) is 4.98 Å². The second-order valence-corrected chi connectivity index (χ2v) is 7.33. The third-order valence-electron chi connectivity index (χ3n) is 5.36. The predicted molar refractivity (Wildman–Crippen MR) is 99.6 cm³/mol. The van der Waals surface area contributed by atoms with Crippen LogP contribution in [-0.2, 0) is 15.9 Å². The van der Waals surface area contributed by atoms with Crippen LogP contribution in [0.3, 0.4) is 0 Å². The Balaban J connectivity index is 1.29. The smallest absolute Gasteiger partial charge is 0.256 e. The zero-order chi connectivity index (χ0) is 19.2. The summed E-state index contributed by atoms with van der Waals surface area (Å²) in [5, 5.41) is 4.08. The molecule has 2 aromatic rings. The first-order valence-corrected chi connectivity index (χ1v) is 10.0. The summed E-state index contributed by atoms with van der Waals surface area (Å²) in [6, 6.07) is 3.38. The molecule has 150 valence electrons. The molecule has 1 atom stereocenters. The lowest BCUT2D eigenvalue weighted by atomic mass is 10.0. The van der Waals surface area contributed by atoms with Crippen LogP contribution in [0, 0.1) is 5.92 Å². The largest absolute Gasteiger partial charge is 0.381 e. The van der Waals surface area contributed by atoms with Crippen LogP contribution in [0.4, 0.5) is 0 Å². The van der Waals surface area contributed by atoms with Gasteiger partial charge in [-0.3, -0.25) is 9.78 Å². The van der Waals surface area contributed by atoms with Crippen molar-refractivity contribution >= 4 is 5.91 Å². The highest BCUT2D eigenvalue weighted by molar-refractivity contribution is 5.94. The van der Waals surface area contributed by atoms with Gasteiger partial charge in [0, 0.05) is 45.2 Å². The number of pyridine rings is 1. The van der Waals surface area contributed by atoms with Crippen LogP contribution in [0.1, 0.15) is 53.8 Å². The van der Waals surface area contributed by atoms with Crippen molar-refractivity contribution in [2.24, 2.45) is 5.92 Å². The van der Waals surface area contributed by atoms with Gasteiger partial charge < -0.3 is 18.9 Å². The van der Waals surface area contributed by atoms with Crippen LogP contribution >= 0.6 is 0 Å². The fourth-order valence-electron chi connectivity index (χ4n) is 3.75. The quantitative estimate of drug-likeness (QED) is 0.675. The summed E-state index contributed by atoms with van der Waals surface area (Å²) in [7, 11) is 0. The Hall–Kier alpha value is -2.32. The number of likely N-dealkylation sites (tertiary alicyclic amines) is 1. The lowest BCUT2D eigenvalue weighted by molar-refractivity contribution is 0.0211. The standard InChI is InChI=1S/C20H26N4O4/c25-20(16-3-1-8-21-13-16)24-9-2-4-17(24)19-22-18(23-28-19)7-12-27-14-15-5-10-26-11-6-15/h1,3,8,13,15,17H,2,4-7,9-12,14H2. The van der Waals surface area contributed by atoms with Crippen molar-refractivity contribution in [3.8, 4) is 0 Å². The Morgan fingerprint density at radius 2 is 2.18 bits per heavy atom. The van der Waals surface area contributed by atoms with Crippen molar-refractivity contribution in [1.82, 2.24) is 20.0 Å². The number of aromatic nitrogens is 3. The molecule has 2 saturated heterocycles. The van der Waals surface area contributed by atoms with E-state index in [9.17, 15) is 4.79 Å². The zero-order valence-electron chi connectivity index (χ0n) is 16.0. The highest BCUT2D eigenvalue weighted by atomic mass is 16.5. The summed E-state index contributed by atoms with van der Waals surface area (Å²) in [4.78, 5) is 23.1. The molecule has 28 heavy (non-hydrogen) atoms. The summed E-state index contributed by atoms with van der Waals surface area (Å²) < 4.78 is 16.6. The lowest BCUT2D eigenvalue weighted by Crippen LogP contribution is -2.30. The minimum atomic E-state index is -0.169. The SMILES string of the molecule is O=C(c1cccnc1)N1CCCC1c1nc(CCOCC2CCOCC2)no1. The normalized spacial score (nSPS) is 20.6. The van der Waals surface area contributed by atoms with Crippen molar-refractivity contribution in [1.29, 1.82) is 0 Å². The van der Waals surface area contributed by atoms with Crippen LogP contribution in [0.2, 0.25) is 0 Å². The molecule has 2 aromatic heterocycles. The first kappa shape index (κ1) is 19.0. The molecular weight excluding hydrogens is 360 g/mol. The van der Waals surface area contributed by atoms with E-state index in [1.54, 1.807) is 29.4 Å². The van der Waals surface area contributed by atoms with E-state index >= 15 is 0 Å². The maximum atomic E-state index is 12.8. The van der Waals surface area contributed by atoms with Gasteiger partial charge in [-0.1, -0.05) is 5.16 Å². The van der Waals surface area contributed by atoms with Crippen molar-refractivity contribution in [3.63, 3.8) is 0 Å². The third-order valence-corrected chi connectivity index (χ3v) is 5.36. The summed E-state index contributed by atoms with van der Waals surface area (Å²) in [6.07, 6.45) is 7.73. The van der Waals surface area contributed by atoms with Gasteiger partial charge in [0.25, 0.3) is 5.91 Å². The number of carbonyl (C=O) groups excluding carboxylic acids is 1. The molecule has 1 amide bonds. The van der Waals surface area contributed by atoms with Crippen LogP contribution in [0.15, 0.2) is 29.0 Å². The number of hydrogen-bond donors (Lipinski definition) is 0. The van der Waals surface area contributed by atoms with Crippen molar-refractivity contribution in [2.75, 3.05) is 33.0 Å². The molecule has 0 spiro atoms. The highest BCUT2D eigenvalue weighted by Gasteiger charge is 2.34. The second kappa shape index (κ2) is 9.25. The molecule has 0 saturated carbocycles. The van der Waals surface area contributed by atoms with E-state index in [0.29, 0.717) is 42.8 Å². The van der Waals surface area contributed by atoms with E-state index in [0.717, 1.165) is 45.5 Å². The molecule has 4 rings (SSSR count). The molecule has 0 radical (unpaired) electrons. The maximum absolute atomic E-state index is 12.8. The molecule has 2 aliphatic heterocycles. The number of ether oxygens (including phenoxy) is 2. The molecule has 8 heteroatoms. The van der Waals surface area contributed by atoms with E-state index in [4.69, 9.17) is 14.0 Å². The molecular formula is C20H26N4O4. The van der Waals surface area contributed by atoms with Gasteiger partial charge >= 0.3 is 0 Å². The molecule has 8 nitrogen and oxygen atoms in total. The summed E-state index contributed by atoms with van der Waals surface area (Å²) in [5.74, 6) is 1.67. The van der Waals surface area contributed by atoms with Crippen molar-refractivity contribution in [2.45, 2.75) is 38.1 Å². The molecule has 2 aliphatic rings. The Kier molecular flexibility index (Phi) is 6.28. The number of rotatable bonds is 7. The Morgan fingerprint density at radius 1 is 1.29 bits per heavy atom. The fraction of sp³-hybridized carbons (Fsp3) is 0.600. The molecule has 0 aromatic carbocycles. The average Bonchev–Trinajstić information content (AvgIpc) is 3.41. The van der Waals surface area contributed by atoms with E-state index in [1.165, 1.54) is 0 Å². The fourth-order valence-corrected chi connectivity index (χ4v) is 3.75. The van der Waals surface area contributed by atoms with Gasteiger partial charge in [0.1, 0.15) is 6.04 Å². The minimum Gasteiger partial charge on any atom is -0.381 e. The maximum Gasteiger partial charge on any atom is 0.256 e. The van der Waals surface area contributed by atoms with Gasteiger partial charge in [0.15, 0.2) is 5.82 Å². The minimum absolute atomic E-state index is 0.0462.